The minimum atomic E-state index is -4.64. The number of hydrogen-bond donors (Lipinski definition) is 3. The number of fused-ring (bicyclic) bond motifs is 1. The number of carbonyl (C=O) groups is 1. The van der Waals surface area contributed by atoms with E-state index < -0.39 is 16.9 Å². The molecule has 1 amide bonds. The summed E-state index contributed by atoms with van der Waals surface area (Å²) in [5, 5.41) is 27.5. The second-order valence-electron chi connectivity index (χ2n) is 8.01. The third kappa shape index (κ3) is 6.72. The second kappa shape index (κ2) is 10.9. The molecule has 0 radical (unpaired) electrons. The molecule has 194 valence electrons. The standard InChI is InChI=1S/C21H20N6O3.C3H3F3O/c1-13-3-4-19(20(9-13)27(29)30)26(2)24-12-15-10-14(5-7-22-15)18-11-16-17(25-18)6-8-23-21(16)28;1-2(7)3(4,5)6/h3-5,7,9-12,25H,6,8H2,1-2H3,(H,23,28);7H,1H2/b24-12+;. The van der Waals surface area contributed by atoms with Crippen molar-refractivity contribution in [2.45, 2.75) is 19.5 Å². The summed E-state index contributed by atoms with van der Waals surface area (Å²) < 4.78 is 32.5. The maximum absolute atomic E-state index is 12.0. The lowest BCUT2D eigenvalue weighted by Crippen LogP contribution is -2.31. The molecule has 3 N–H and O–H groups in total. The van der Waals surface area contributed by atoms with Crippen LogP contribution in [0, 0.1) is 17.0 Å². The highest BCUT2D eigenvalue weighted by Crippen LogP contribution is 2.29. The van der Waals surface area contributed by atoms with Gasteiger partial charge in [-0.05, 0) is 36.8 Å². The van der Waals surface area contributed by atoms with E-state index >= 15 is 0 Å². The zero-order valence-corrected chi connectivity index (χ0v) is 19.8. The highest BCUT2D eigenvalue weighted by atomic mass is 19.4. The average molecular weight is 516 g/mol. The fourth-order valence-corrected chi connectivity index (χ4v) is 3.40. The van der Waals surface area contributed by atoms with Crippen molar-refractivity contribution in [3.8, 4) is 11.3 Å². The van der Waals surface area contributed by atoms with Crippen molar-refractivity contribution in [3.05, 3.63) is 87.6 Å². The number of carbonyl (C=O) groups excluding carboxylic acids is 1. The SMILES string of the molecule is C=C(O)C(F)(F)F.Cc1ccc(N(C)/N=C/c2cc(-c3cc4c([nH]3)CCNC4=O)ccn2)c([N+](=O)[O-])c1. The first-order chi connectivity index (χ1) is 17.4. The molecular weight excluding hydrogens is 493 g/mol. The molecular formula is C24H23F3N6O4. The number of alkyl halides is 3. The van der Waals surface area contributed by atoms with E-state index in [0.29, 0.717) is 23.5 Å². The van der Waals surface area contributed by atoms with Gasteiger partial charge >= 0.3 is 6.18 Å². The topological polar surface area (TPSA) is 137 Å². The number of aromatic amines is 1. The minimum Gasteiger partial charge on any atom is -0.505 e. The molecule has 0 unspecified atom stereocenters. The summed E-state index contributed by atoms with van der Waals surface area (Å²) in [6.07, 6.45) is -0.672. The van der Waals surface area contributed by atoms with E-state index in [0.717, 1.165) is 28.9 Å². The first-order valence-corrected chi connectivity index (χ1v) is 10.8. The molecule has 1 aromatic carbocycles. The molecule has 0 atom stereocenters. The molecule has 2 aromatic heterocycles. The second-order valence-corrected chi connectivity index (χ2v) is 8.01. The van der Waals surface area contributed by atoms with Gasteiger partial charge in [0, 0.05) is 49.2 Å². The zero-order chi connectivity index (χ0) is 27.3. The van der Waals surface area contributed by atoms with E-state index in [9.17, 15) is 28.1 Å². The Balaban J connectivity index is 0.000000479. The maximum atomic E-state index is 12.0. The van der Waals surface area contributed by atoms with E-state index in [1.54, 1.807) is 38.5 Å². The fraction of sp³-hybridized carbons (Fsp3) is 0.208. The molecule has 1 aliphatic heterocycles. The first-order valence-electron chi connectivity index (χ1n) is 10.8. The van der Waals surface area contributed by atoms with Gasteiger partial charge in [-0.15, -0.1) is 0 Å². The number of anilines is 1. The van der Waals surface area contributed by atoms with Crippen LogP contribution < -0.4 is 10.3 Å². The number of H-pyrrole nitrogens is 1. The third-order valence-electron chi connectivity index (χ3n) is 5.26. The first kappa shape index (κ1) is 26.9. The summed E-state index contributed by atoms with van der Waals surface area (Å²) in [6.45, 7) is 4.68. The number of amides is 1. The summed E-state index contributed by atoms with van der Waals surface area (Å²) in [7, 11) is 1.65. The van der Waals surface area contributed by atoms with Crippen molar-refractivity contribution >= 4 is 23.5 Å². The van der Waals surface area contributed by atoms with Gasteiger partial charge in [-0.25, -0.2) is 0 Å². The molecule has 37 heavy (non-hydrogen) atoms. The Hall–Kier alpha value is -4.68. The van der Waals surface area contributed by atoms with Crippen LogP contribution in [0.25, 0.3) is 11.3 Å². The summed E-state index contributed by atoms with van der Waals surface area (Å²) in [5.41, 5.74) is 5.06. The number of aliphatic hydroxyl groups excluding tert-OH is 1. The lowest BCUT2D eigenvalue weighted by molar-refractivity contribution is -0.384. The Kier molecular flexibility index (Phi) is 7.95. The molecule has 0 spiro atoms. The van der Waals surface area contributed by atoms with E-state index in [-0.39, 0.29) is 11.6 Å². The van der Waals surface area contributed by atoms with Crippen LogP contribution in [0.15, 0.2) is 60.0 Å². The predicted octanol–water partition coefficient (Wildman–Crippen LogP) is 4.67. The van der Waals surface area contributed by atoms with Crippen molar-refractivity contribution in [3.63, 3.8) is 0 Å². The number of nitro benzene ring substituents is 1. The Morgan fingerprint density at radius 2 is 2.00 bits per heavy atom. The highest BCUT2D eigenvalue weighted by molar-refractivity contribution is 5.97. The molecule has 3 aromatic rings. The van der Waals surface area contributed by atoms with E-state index in [4.69, 9.17) is 5.11 Å². The summed E-state index contributed by atoms with van der Waals surface area (Å²) in [5.74, 6) is -1.83. The number of aromatic nitrogens is 2. The summed E-state index contributed by atoms with van der Waals surface area (Å²) >= 11 is 0. The number of nitrogens with one attached hydrogen (secondary N) is 2. The molecule has 3 heterocycles. The number of nitro groups is 1. The number of hydrazone groups is 1. The number of rotatable bonds is 5. The molecule has 0 aliphatic carbocycles. The average Bonchev–Trinajstić information content (AvgIpc) is 3.28. The molecule has 13 heteroatoms. The third-order valence-corrected chi connectivity index (χ3v) is 5.26. The lowest BCUT2D eigenvalue weighted by Gasteiger charge is -2.13. The Morgan fingerprint density at radius 1 is 1.30 bits per heavy atom. The number of halogens is 3. The maximum Gasteiger partial charge on any atom is 0.448 e. The number of aliphatic hydroxyl groups is 1. The van der Waals surface area contributed by atoms with E-state index in [1.165, 1.54) is 11.1 Å². The minimum absolute atomic E-state index is 0.00778. The van der Waals surface area contributed by atoms with Crippen LogP contribution in [0.2, 0.25) is 0 Å². The molecule has 0 saturated heterocycles. The van der Waals surface area contributed by atoms with E-state index in [2.05, 4.69) is 27.0 Å². The number of pyridine rings is 1. The zero-order valence-electron chi connectivity index (χ0n) is 19.8. The monoisotopic (exact) mass is 516 g/mol. The van der Waals surface area contributed by atoms with Crippen LogP contribution >= 0.6 is 0 Å². The highest BCUT2D eigenvalue weighted by Gasteiger charge is 2.31. The molecule has 1 aliphatic rings. The van der Waals surface area contributed by atoms with Gasteiger partial charge in [0.25, 0.3) is 11.6 Å². The number of aryl methyl sites for hydroxylation is 1. The van der Waals surface area contributed by atoms with E-state index in [1.807, 2.05) is 18.2 Å². The van der Waals surface area contributed by atoms with Gasteiger partial charge in [-0.2, -0.15) is 18.3 Å². The van der Waals surface area contributed by atoms with Gasteiger partial charge in [-0.1, -0.05) is 12.6 Å². The number of hydrogen-bond acceptors (Lipinski definition) is 7. The molecule has 0 fully saturated rings. The number of nitrogens with zero attached hydrogens (tertiary/aromatic N) is 4. The van der Waals surface area contributed by atoms with Gasteiger partial charge in [-0.3, -0.25) is 24.9 Å². The smallest absolute Gasteiger partial charge is 0.448 e. The van der Waals surface area contributed by atoms with Crippen LogP contribution in [0.4, 0.5) is 24.5 Å². The molecule has 0 bridgehead atoms. The van der Waals surface area contributed by atoms with Crippen molar-refractivity contribution in [2.75, 3.05) is 18.6 Å². The van der Waals surface area contributed by atoms with Crippen LogP contribution in [0.1, 0.15) is 27.3 Å². The van der Waals surface area contributed by atoms with Crippen molar-refractivity contribution in [1.29, 1.82) is 0 Å². The summed E-state index contributed by atoms with van der Waals surface area (Å²) in [6, 6.07) is 10.5. The largest absolute Gasteiger partial charge is 0.505 e. The molecule has 0 saturated carbocycles. The summed E-state index contributed by atoms with van der Waals surface area (Å²) in [4.78, 5) is 30.5. The van der Waals surface area contributed by atoms with Gasteiger partial charge in [0.05, 0.1) is 22.4 Å². The Labute approximate surface area is 209 Å². The van der Waals surface area contributed by atoms with Crippen LogP contribution in [0.3, 0.4) is 0 Å². The number of benzene rings is 1. The molecule has 10 nitrogen and oxygen atoms in total. The van der Waals surface area contributed by atoms with Crippen LogP contribution in [-0.2, 0) is 6.42 Å². The normalized spacial score (nSPS) is 12.8. The van der Waals surface area contributed by atoms with Crippen molar-refractivity contribution in [1.82, 2.24) is 15.3 Å². The van der Waals surface area contributed by atoms with Crippen molar-refractivity contribution in [2.24, 2.45) is 5.10 Å². The van der Waals surface area contributed by atoms with Gasteiger partial charge in [0.1, 0.15) is 5.69 Å². The van der Waals surface area contributed by atoms with Crippen LogP contribution in [0.5, 0.6) is 0 Å². The Morgan fingerprint density at radius 3 is 2.62 bits per heavy atom. The van der Waals surface area contributed by atoms with Gasteiger partial charge < -0.3 is 15.4 Å². The molecule has 4 rings (SSSR count). The predicted molar refractivity (Wildman–Crippen MR) is 132 cm³/mol. The fourth-order valence-electron chi connectivity index (χ4n) is 3.40. The lowest BCUT2D eigenvalue weighted by atomic mass is 10.1. The number of allylic oxidation sites excluding steroid dienone is 1. The quantitative estimate of drug-likeness (QED) is 0.195. The van der Waals surface area contributed by atoms with Crippen molar-refractivity contribution < 1.29 is 28.0 Å². The van der Waals surface area contributed by atoms with Gasteiger partial charge in [0.2, 0.25) is 0 Å². The van der Waals surface area contributed by atoms with Crippen LogP contribution in [-0.4, -0.2) is 51.9 Å². The van der Waals surface area contributed by atoms with Gasteiger partial charge in [0.15, 0.2) is 5.76 Å². The Bertz CT molecular complexity index is 1370.